The molecule has 0 bridgehead atoms. The van der Waals surface area contributed by atoms with Gasteiger partial charge >= 0.3 is 0 Å². The van der Waals surface area contributed by atoms with Crippen molar-refractivity contribution in [3.05, 3.63) is 186 Å². The number of fused-ring (bicyclic) bond motifs is 6. The van der Waals surface area contributed by atoms with Crippen molar-refractivity contribution in [2.24, 2.45) is 0 Å². The molecule has 49 heavy (non-hydrogen) atoms. The molecule has 0 spiro atoms. The number of benzene rings is 7. The molecule has 0 fully saturated rings. The highest BCUT2D eigenvalue weighted by atomic mass is 15.2. The van der Waals surface area contributed by atoms with Gasteiger partial charge in [0.05, 0.1) is 5.69 Å². The summed E-state index contributed by atoms with van der Waals surface area (Å²) in [5.74, 6) is 0. The van der Waals surface area contributed by atoms with E-state index < -0.39 is 0 Å². The molecule has 0 N–H and O–H groups in total. The first-order chi connectivity index (χ1) is 23.9. The lowest BCUT2D eigenvalue weighted by Gasteiger charge is -2.38. The Labute approximate surface area is 290 Å². The quantitative estimate of drug-likeness (QED) is 0.183. The summed E-state index contributed by atoms with van der Waals surface area (Å²) in [6.07, 6.45) is 0. The molecule has 0 saturated carbocycles. The van der Waals surface area contributed by atoms with E-state index in [0.717, 1.165) is 11.4 Å². The lowest BCUT2D eigenvalue weighted by Crippen LogP contribution is -2.26. The predicted molar refractivity (Wildman–Crippen MR) is 207 cm³/mol. The second-order valence-electron chi connectivity index (χ2n) is 14.5. The van der Waals surface area contributed by atoms with Crippen molar-refractivity contribution in [1.29, 1.82) is 0 Å². The van der Waals surface area contributed by atoms with Crippen LogP contribution in [-0.2, 0) is 10.8 Å². The molecule has 1 heteroatoms. The Bertz CT molecular complexity index is 2220. The SMILES string of the molecule is CC1(C)c2ccccc2-c2c(-c3ccc(-c4ccccc4)cc3)c3c(c(N(c4ccccc4)c4ccccc4)c21)C(C)(C)c1ccccc1-3. The van der Waals surface area contributed by atoms with Crippen LogP contribution in [0.15, 0.2) is 164 Å². The highest BCUT2D eigenvalue weighted by Gasteiger charge is 2.48. The molecule has 9 rings (SSSR count). The Morgan fingerprint density at radius 1 is 0.347 bits per heavy atom. The van der Waals surface area contributed by atoms with Crippen molar-refractivity contribution in [3.8, 4) is 44.5 Å². The third kappa shape index (κ3) is 4.32. The molecule has 7 aromatic carbocycles. The van der Waals surface area contributed by atoms with Gasteiger partial charge in [0.2, 0.25) is 0 Å². The molecule has 2 aliphatic carbocycles. The van der Waals surface area contributed by atoms with E-state index in [4.69, 9.17) is 0 Å². The maximum atomic E-state index is 2.54. The fraction of sp³-hybridized carbons (Fsp3) is 0.125. The summed E-state index contributed by atoms with van der Waals surface area (Å²) in [7, 11) is 0. The molecule has 0 saturated heterocycles. The van der Waals surface area contributed by atoms with E-state index in [1.54, 1.807) is 0 Å². The maximum Gasteiger partial charge on any atom is 0.0556 e. The first-order valence-electron chi connectivity index (χ1n) is 17.4. The van der Waals surface area contributed by atoms with Crippen LogP contribution in [0.25, 0.3) is 44.5 Å². The fourth-order valence-electron chi connectivity index (χ4n) is 8.79. The van der Waals surface area contributed by atoms with Gasteiger partial charge < -0.3 is 4.90 Å². The van der Waals surface area contributed by atoms with Crippen LogP contribution in [-0.4, -0.2) is 0 Å². The lowest BCUT2D eigenvalue weighted by molar-refractivity contribution is 0.640. The standard InChI is InChI=1S/C48H39N/c1-47(2)39-26-16-14-24-37(39)42-41(34-30-28-33(29-31-34)32-18-8-5-9-19-32)43-38-25-15-17-27-40(38)48(3,4)45(43)46(44(42)47)49(35-20-10-6-11-21-35)36-22-12-7-13-23-36/h5-31H,1-4H3. The lowest BCUT2D eigenvalue weighted by atomic mass is 9.73. The van der Waals surface area contributed by atoms with Gasteiger partial charge in [-0.3, -0.25) is 0 Å². The minimum absolute atomic E-state index is 0.248. The topological polar surface area (TPSA) is 3.24 Å². The summed E-state index contributed by atoms with van der Waals surface area (Å²) in [5, 5.41) is 0. The molecule has 0 radical (unpaired) electrons. The van der Waals surface area contributed by atoms with E-state index >= 15 is 0 Å². The molecule has 0 unspecified atom stereocenters. The van der Waals surface area contributed by atoms with Crippen LogP contribution in [0, 0.1) is 0 Å². The number of anilines is 3. The Morgan fingerprint density at radius 2 is 0.714 bits per heavy atom. The summed E-state index contributed by atoms with van der Waals surface area (Å²) in [6.45, 7) is 9.72. The largest absolute Gasteiger partial charge is 0.310 e. The van der Waals surface area contributed by atoms with Gasteiger partial charge in [-0.15, -0.1) is 0 Å². The Morgan fingerprint density at radius 3 is 1.18 bits per heavy atom. The first-order valence-corrected chi connectivity index (χ1v) is 17.4. The van der Waals surface area contributed by atoms with E-state index in [1.807, 2.05) is 0 Å². The van der Waals surface area contributed by atoms with Crippen LogP contribution < -0.4 is 4.90 Å². The van der Waals surface area contributed by atoms with E-state index in [0.29, 0.717) is 0 Å². The Balaban J connectivity index is 1.47. The molecular formula is C48H39N. The molecule has 0 amide bonds. The number of para-hydroxylation sites is 2. The monoisotopic (exact) mass is 629 g/mol. The number of hydrogen-bond acceptors (Lipinski definition) is 1. The van der Waals surface area contributed by atoms with Gasteiger partial charge in [-0.25, -0.2) is 0 Å². The van der Waals surface area contributed by atoms with Crippen molar-refractivity contribution in [3.63, 3.8) is 0 Å². The van der Waals surface area contributed by atoms with Crippen molar-refractivity contribution in [2.75, 3.05) is 4.90 Å². The normalized spacial score (nSPS) is 14.4. The summed E-state index contributed by atoms with van der Waals surface area (Å²) in [4.78, 5) is 2.54. The van der Waals surface area contributed by atoms with Crippen molar-refractivity contribution in [2.45, 2.75) is 38.5 Å². The van der Waals surface area contributed by atoms with Crippen LogP contribution in [0.5, 0.6) is 0 Å². The predicted octanol–water partition coefficient (Wildman–Crippen LogP) is 13.1. The van der Waals surface area contributed by atoms with E-state index in [1.165, 1.54) is 72.4 Å². The zero-order valence-electron chi connectivity index (χ0n) is 28.5. The summed E-state index contributed by atoms with van der Waals surface area (Å²) >= 11 is 0. The molecule has 0 heterocycles. The average molecular weight is 630 g/mol. The second kappa shape index (κ2) is 10.9. The Kier molecular flexibility index (Phi) is 6.58. The van der Waals surface area contributed by atoms with E-state index in [9.17, 15) is 0 Å². The maximum absolute atomic E-state index is 2.54. The van der Waals surface area contributed by atoms with Gasteiger partial charge in [0.25, 0.3) is 0 Å². The molecule has 236 valence electrons. The highest BCUT2D eigenvalue weighted by molar-refractivity contribution is 6.09. The Hall–Kier alpha value is -5.66. The van der Waals surface area contributed by atoms with Crippen LogP contribution in [0.2, 0.25) is 0 Å². The third-order valence-corrected chi connectivity index (χ3v) is 11.0. The molecular weight excluding hydrogens is 591 g/mol. The fourth-order valence-corrected chi connectivity index (χ4v) is 8.79. The average Bonchev–Trinajstić information content (AvgIpc) is 3.53. The third-order valence-electron chi connectivity index (χ3n) is 11.0. The zero-order valence-corrected chi connectivity index (χ0v) is 28.5. The van der Waals surface area contributed by atoms with Gasteiger partial charge in [-0.05, 0) is 91.0 Å². The van der Waals surface area contributed by atoms with Crippen LogP contribution in [0.3, 0.4) is 0 Å². The summed E-state index contributed by atoms with van der Waals surface area (Å²) in [5.41, 5.74) is 19.1. The molecule has 0 aliphatic heterocycles. The van der Waals surface area contributed by atoms with Gasteiger partial charge in [-0.2, -0.15) is 0 Å². The van der Waals surface area contributed by atoms with Crippen molar-refractivity contribution in [1.82, 2.24) is 0 Å². The van der Waals surface area contributed by atoms with Gasteiger partial charge in [0, 0.05) is 22.2 Å². The van der Waals surface area contributed by atoms with Gasteiger partial charge in [-0.1, -0.05) is 167 Å². The molecule has 0 aromatic heterocycles. The minimum atomic E-state index is -0.248. The van der Waals surface area contributed by atoms with E-state index in [-0.39, 0.29) is 10.8 Å². The van der Waals surface area contributed by atoms with Crippen LogP contribution >= 0.6 is 0 Å². The van der Waals surface area contributed by atoms with Crippen molar-refractivity contribution < 1.29 is 0 Å². The van der Waals surface area contributed by atoms with Gasteiger partial charge in [0.1, 0.15) is 0 Å². The van der Waals surface area contributed by atoms with E-state index in [2.05, 4.69) is 196 Å². The van der Waals surface area contributed by atoms with Crippen LogP contribution in [0.4, 0.5) is 17.1 Å². The smallest absolute Gasteiger partial charge is 0.0556 e. The zero-order chi connectivity index (χ0) is 33.3. The number of hydrogen-bond donors (Lipinski definition) is 0. The molecule has 0 atom stereocenters. The molecule has 7 aromatic rings. The summed E-state index contributed by atoms with van der Waals surface area (Å²) < 4.78 is 0. The molecule has 1 nitrogen and oxygen atoms in total. The van der Waals surface area contributed by atoms with Crippen molar-refractivity contribution >= 4 is 17.1 Å². The number of nitrogens with zero attached hydrogens (tertiary/aromatic N) is 1. The van der Waals surface area contributed by atoms with Gasteiger partial charge in [0.15, 0.2) is 0 Å². The highest BCUT2D eigenvalue weighted by Crippen LogP contribution is 2.66. The second-order valence-corrected chi connectivity index (χ2v) is 14.5. The number of rotatable bonds is 5. The molecule has 2 aliphatic rings. The minimum Gasteiger partial charge on any atom is -0.310 e. The summed E-state index contributed by atoms with van der Waals surface area (Å²) in [6, 6.07) is 60.1. The van der Waals surface area contributed by atoms with Crippen LogP contribution in [0.1, 0.15) is 49.9 Å². The first kappa shape index (κ1) is 29.5.